The molecule has 0 fully saturated rings. The second-order valence-electron chi connectivity index (χ2n) is 4.09. The summed E-state index contributed by atoms with van der Waals surface area (Å²) in [5, 5.41) is 8.99. The van der Waals surface area contributed by atoms with Crippen molar-refractivity contribution in [1.29, 1.82) is 0 Å². The Morgan fingerprint density at radius 2 is 2.40 bits per heavy atom. The molecule has 82 valence electrons. The lowest BCUT2D eigenvalue weighted by molar-refractivity contribution is -0.142. The van der Waals surface area contributed by atoms with Crippen LogP contribution in [-0.4, -0.2) is 20.6 Å². The molecule has 2 heterocycles. The summed E-state index contributed by atoms with van der Waals surface area (Å²) in [4.78, 5) is 15.4. The summed E-state index contributed by atoms with van der Waals surface area (Å²) >= 11 is 0. The van der Waals surface area contributed by atoms with Gasteiger partial charge in [0.15, 0.2) is 0 Å². The number of nitrogens with zero attached hydrogens (tertiary/aromatic N) is 2. The third-order valence-corrected chi connectivity index (χ3v) is 3.16. The van der Waals surface area contributed by atoms with E-state index in [1.54, 1.807) is 0 Å². The van der Waals surface area contributed by atoms with Crippen LogP contribution in [0.15, 0.2) is 0 Å². The zero-order chi connectivity index (χ0) is 11.0. The van der Waals surface area contributed by atoms with Crippen LogP contribution in [0.3, 0.4) is 0 Å². The molecule has 4 heteroatoms. The maximum Gasteiger partial charge on any atom is 0.306 e. The molecule has 0 saturated carbocycles. The number of carboxylic acid groups (broad SMARTS) is 1. The lowest BCUT2D eigenvalue weighted by Gasteiger charge is -2.22. The highest BCUT2D eigenvalue weighted by molar-refractivity contribution is 5.70. The quantitative estimate of drug-likeness (QED) is 0.799. The van der Waals surface area contributed by atoms with Crippen molar-refractivity contribution < 1.29 is 9.90 Å². The molecule has 15 heavy (non-hydrogen) atoms. The highest BCUT2D eigenvalue weighted by atomic mass is 16.4. The van der Waals surface area contributed by atoms with Gasteiger partial charge in [-0.15, -0.1) is 0 Å². The van der Waals surface area contributed by atoms with E-state index in [0.717, 1.165) is 36.6 Å². The minimum Gasteiger partial charge on any atom is -0.481 e. The van der Waals surface area contributed by atoms with Gasteiger partial charge in [0.05, 0.1) is 11.6 Å². The minimum absolute atomic E-state index is 0.224. The van der Waals surface area contributed by atoms with Crippen LogP contribution >= 0.6 is 0 Å². The third-order valence-electron chi connectivity index (χ3n) is 3.16. The molecule has 1 aromatic heterocycles. The standard InChI is InChI=1S/C11H16N2O2/c1-3-10-12-7(2)9-6-8(11(14)15)4-5-13(9)10/h8H,3-6H2,1-2H3,(H,14,15). The Kier molecular flexibility index (Phi) is 2.50. The zero-order valence-electron chi connectivity index (χ0n) is 9.16. The molecule has 0 saturated heterocycles. The molecule has 0 bridgehead atoms. The van der Waals surface area contributed by atoms with E-state index in [1.165, 1.54) is 0 Å². The molecule has 2 rings (SSSR count). The molecule has 1 aromatic rings. The van der Waals surface area contributed by atoms with Crippen LogP contribution in [0.25, 0.3) is 0 Å². The SMILES string of the molecule is CCc1nc(C)c2n1CCC(C(=O)O)C2. The molecule has 0 aliphatic carbocycles. The van der Waals surface area contributed by atoms with E-state index in [9.17, 15) is 4.79 Å². The minimum atomic E-state index is -0.681. The number of aromatic nitrogens is 2. The summed E-state index contributed by atoms with van der Waals surface area (Å²) in [5.74, 6) is 0.184. The van der Waals surface area contributed by atoms with E-state index in [4.69, 9.17) is 5.11 Å². The molecule has 4 nitrogen and oxygen atoms in total. The van der Waals surface area contributed by atoms with E-state index in [0.29, 0.717) is 6.42 Å². The summed E-state index contributed by atoms with van der Waals surface area (Å²) in [6.07, 6.45) is 2.28. The first-order chi connectivity index (χ1) is 7.13. The topological polar surface area (TPSA) is 55.1 Å². The van der Waals surface area contributed by atoms with Crippen molar-refractivity contribution in [2.45, 2.75) is 39.7 Å². The van der Waals surface area contributed by atoms with Crippen LogP contribution in [-0.2, 0) is 24.2 Å². The molecule has 1 atom stereocenters. The normalized spacial score (nSPS) is 20.0. The number of aliphatic carboxylic acids is 1. The lowest BCUT2D eigenvalue weighted by atomic mass is 9.95. The van der Waals surface area contributed by atoms with Crippen LogP contribution in [0.5, 0.6) is 0 Å². The number of imidazole rings is 1. The van der Waals surface area contributed by atoms with Crippen molar-refractivity contribution in [3.63, 3.8) is 0 Å². The number of aryl methyl sites for hydroxylation is 2. The van der Waals surface area contributed by atoms with Crippen LogP contribution < -0.4 is 0 Å². The van der Waals surface area contributed by atoms with Crippen molar-refractivity contribution in [2.24, 2.45) is 5.92 Å². The Morgan fingerprint density at radius 1 is 1.67 bits per heavy atom. The van der Waals surface area contributed by atoms with E-state index >= 15 is 0 Å². The van der Waals surface area contributed by atoms with Gasteiger partial charge in [0.25, 0.3) is 0 Å². The second kappa shape index (κ2) is 3.68. The fourth-order valence-corrected chi connectivity index (χ4v) is 2.29. The van der Waals surface area contributed by atoms with E-state index in [-0.39, 0.29) is 5.92 Å². The number of rotatable bonds is 2. The van der Waals surface area contributed by atoms with Crippen LogP contribution in [0.4, 0.5) is 0 Å². The second-order valence-corrected chi connectivity index (χ2v) is 4.09. The summed E-state index contributed by atoms with van der Waals surface area (Å²) < 4.78 is 2.19. The maximum atomic E-state index is 10.9. The van der Waals surface area contributed by atoms with Gasteiger partial charge in [0, 0.05) is 25.1 Å². The zero-order valence-corrected chi connectivity index (χ0v) is 9.16. The Bertz CT molecular complexity index is 396. The molecule has 0 amide bonds. The molecule has 1 aliphatic heterocycles. The Labute approximate surface area is 88.9 Å². The highest BCUT2D eigenvalue weighted by Gasteiger charge is 2.27. The van der Waals surface area contributed by atoms with Gasteiger partial charge in [0.1, 0.15) is 5.82 Å². The number of carboxylic acids is 1. The monoisotopic (exact) mass is 208 g/mol. The first kappa shape index (κ1) is 10.2. The smallest absolute Gasteiger partial charge is 0.306 e. The predicted molar refractivity (Wildman–Crippen MR) is 55.8 cm³/mol. The van der Waals surface area contributed by atoms with Gasteiger partial charge < -0.3 is 9.67 Å². The van der Waals surface area contributed by atoms with Crippen molar-refractivity contribution in [3.8, 4) is 0 Å². The van der Waals surface area contributed by atoms with Crippen molar-refractivity contribution >= 4 is 5.97 Å². The first-order valence-corrected chi connectivity index (χ1v) is 5.41. The van der Waals surface area contributed by atoms with Crippen LogP contribution in [0, 0.1) is 12.8 Å². The molecule has 1 aliphatic rings. The molecule has 0 radical (unpaired) electrons. The Hall–Kier alpha value is -1.32. The van der Waals surface area contributed by atoms with Crippen molar-refractivity contribution in [2.75, 3.05) is 0 Å². The Balaban J connectivity index is 2.33. The molecular formula is C11H16N2O2. The molecule has 0 aromatic carbocycles. The van der Waals surface area contributed by atoms with Gasteiger partial charge in [-0.1, -0.05) is 6.92 Å². The van der Waals surface area contributed by atoms with E-state index in [1.807, 2.05) is 6.92 Å². The predicted octanol–water partition coefficient (Wildman–Crippen LogP) is 1.40. The number of hydrogen-bond donors (Lipinski definition) is 1. The number of hydrogen-bond acceptors (Lipinski definition) is 2. The fraction of sp³-hybridized carbons (Fsp3) is 0.636. The summed E-state index contributed by atoms with van der Waals surface area (Å²) in [5.41, 5.74) is 2.11. The van der Waals surface area contributed by atoms with Crippen LogP contribution in [0.1, 0.15) is 30.6 Å². The first-order valence-electron chi connectivity index (χ1n) is 5.41. The van der Waals surface area contributed by atoms with Gasteiger partial charge in [0.2, 0.25) is 0 Å². The van der Waals surface area contributed by atoms with Gasteiger partial charge in [-0.3, -0.25) is 4.79 Å². The summed E-state index contributed by atoms with van der Waals surface area (Å²) in [7, 11) is 0. The molecule has 0 spiro atoms. The van der Waals surface area contributed by atoms with E-state index in [2.05, 4.69) is 16.5 Å². The summed E-state index contributed by atoms with van der Waals surface area (Å²) in [6.45, 7) is 4.85. The average molecular weight is 208 g/mol. The van der Waals surface area contributed by atoms with Crippen molar-refractivity contribution in [3.05, 3.63) is 17.2 Å². The van der Waals surface area contributed by atoms with E-state index < -0.39 is 5.97 Å². The van der Waals surface area contributed by atoms with Gasteiger partial charge in [-0.25, -0.2) is 4.98 Å². The van der Waals surface area contributed by atoms with Gasteiger partial charge >= 0.3 is 5.97 Å². The van der Waals surface area contributed by atoms with Crippen molar-refractivity contribution in [1.82, 2.24) is 9.55 Å². The molecule has 1 N–H and O–H groups in total. The lowest BCUT2D eigenvalue weighted by Crippen LogP contribution is -2.26. The summed E-state index contributed by atoms with van der Waals surface area (Å²) in [6, 6.07) is 0. The molecule has 1 unspecified atom stereocenters. The molecular weight excluding hydrogens is 192 g/mol. The van der Waals surface area contributed by atoms with Crippen LogP contribution in [0.2, 0.25) is 0 Å². The van der Waals surface area contributed by atoms with Gasteiger partial charge in [-0.05, 0) is 13.3 Å². The number of carbonyl (C=O) groups is 1. The largest absolute Gasteiger partial charge is 0.481 e. The third kappa shape index (κ3) is 1.64. The average Bonchev–Trinajstić information content (AvgIpc) is 2.55. The fourth-order valence-electron chi connectivity index (χ4n) is 2.29. The highest BCUT2D eigenvalue weighted by Crippen LogP contribution is 2.24. The maximum absolute atomic E-state index is 10.9. The Morgan fingerprint density at radius 3 is 3.00 bits per heavy atom. The number of fused-ring (bicyclic) bond motifs is 1. The van der Waals surface area contributed by atoms with Gasteiger partial charge in [-0.2, -0.15) is 0 Å².